The van der Waals surface area contributed by atoms with Crippen LogP contribution in [-0.4, -0.2) is 71.7 Å². The Labute approximate surface area is 235 Å². The minimum absolute atomic E-state index is 0.252. The Morgan fingerprint density at radius 3 is 1.98 bits per heavy atom. The molecule has 0 spiro atoms. The standard InChI is InChI=1S/C32H35N5O3/c1-36-14-16-37(17-15-36)22-24-8-12-26(13-9-24)25-10-6-23(7-11-25)18-29(21-33)34-30(38)32(35-31(39)40)19-27-4-2-3-5-28(27)20-32/h2-13,29,35H,14-20,22H2,1H3,(H,34,38)(H,39,40). The van der Waals surface area contributed by atoms with Crippen LogP contribution in [0.1, 0.15) is 22.3 Å². The summed E-state index contributed by atoms with van der Waals surface area (Å²) in [6.45, 7) is 5.36. The van der Waals surface area contributed by atoms with E-state index < -0.39 is 23.6 Å². The zero-order valence-corrected chi connectivity index (χ0v) is 22.8. The monoisotopic (exact) mass is 537 g/mol. The molecule has 1 aliphatic heterocycles. The quantitative estimate of drug-likeness (QED) is 0.406. The van der Waals surface area contributed by atoms with Crippen LogP contribution in [0.25, 0.3) is 11.1 Å². The van der Waals surface area contributed by atoms with E-state index in [-0.39, 0.29) is 12.8 Å². The first-order chi connectivity index (χ1) is 19.3. The van der Waals surface area contributed by atoms with Crippen molar-refractivity contribution in [2.45, 2.75) is 37.4 Å². The summed E-state index contributed by atoms with van der Waals surface area (Å²) in [6, 6.07) is 25.6. The number of nitrogens with one attached hydrogen (secondary N) is 2. The first-order valence-electron chi connectivity index (χ1n) is 13.7. The van der Waals surface area contributed by atoms with E-state index in [0.29, 0.717) is 6.42 Å². The molecule has 5 rings (SSSR count). The molecule has 0 aromatic heterocycles. The van der Waals surface area contributed by atoms with Gasteiger partial charge in [-0.2, -0.15) is 5.26 Å². The van der Waals surface area contributed by atoms with Crippen LogP contribution in [-0.2, 0) is 30.6 Å². The van der Waals surface area contributed by atoms with E-state index in [2.05, 4.69) is 57.8 Å². The van der Waals surface area contributed by atoms with Gasteiger partial charge >= 0.3 is 6.09 Å². The molecule has 8 nitrogen and oxygen atoms in total. The molecule has 3 aromatic carbocycles. The van der Waals surface area contributed by atoms with Crippen LogP contribution in [0, 0.1) is 11.3 Å². The molecule has 8 heteroatoms. The zero-order valence-electron chi connectivity index (χ0n) is 22.8. The number of carbonyl (C=O) groups is 2. The topological polar surface area (TPSA) is 109 Å². The molecule has 3 aromatic rings. The molecule has 0 radical (unpaired) electrons. The molecule has 1 heterocycles. The lowest BCUT2D eigenvalue weighted by atomic mass is 9.93. The van der Waals surface area contributed by atoms with Gasteiger partial charge in [0.15, 0.2) is 0 Å². The van der Waals surface area contributed by atoms with E-state index in [1.807, 2.05) is 48.5 Å². The Kier molecular flexibility index (Phi) is 8.15. The van der Waals surface area contributed by atoms with E-state index in [0.717, 1.165) is 60.5 Å². The van der Waals surface area contributed by atoms with Gasteiger partial charge in [0.1, 0.15) is 11.6 Å². The Bertz CT molecular complexity index is 1360. The zero-order chi connectivity index (χ0) is 28.1. The number of piperazine rings is 1. The number of rotatable bonds is 8. The van der Waals surface area contributed by atoms with Crippen molar-refractivity contribution in [2.75, 3.05) is 33.2 Å². The van der Waals surface area contributed by atoms with Crippen molar-refractivity contribution in [2.24, 2.45) is 0 Å². The second-order valence-electron chi connectivity index (χ2n) is 11.0. The average molecular weight is 538 g/mol. The fourth-order valence-electron chi connectivity index (χ4n) is 5.69. The maximum atomic E-state index is 13.3. The van der Waals surface area contributed by atoms with Crippen LogP contribution in [0.5, 0.6) is 0 Å². The number of carboxylic acid groups (broad SMARTS) is 1. The van der Waals surface area contributed by atoms with Gasteiger partial charge in [0, 0.05) is 52.0 Å². The van der Waals surface area contributed by atoms with Crippen LogP contribution < -0.4 is 10.6 Å². The Hall–Kier alpha value is -4.19. The third-order valence-electron chi connectivity index (χ3n) is 8.03. The smallest absolute Gasteiger partial charge is 0.405 e. The Balaban J connectivity index is 1.20. The highest BCUT2D eigenvalue weighted by Gasteiger charge is 2.45. The summed E-state index contributed by atoms with van der Waals surface area (Å²) in [7, 11) is 2.17. The van der Waals surface area contributed by atoms with Crippen molar-refractivity contribution >= 4 is 12.0 Å². The lowest BCUT2D eigenvalue weighted by molar-refractivity contribution is -0.127. The predicted molar refractivity (Wildman–Crippen MR) is 154 cm³/mol. The number of nitriles is 1. The van der Waals surface area contributed by atoms with Gasteiger partial charge in [0.25, 0.3) is 0 Å². The van der Waals surface area contributed by atoms with Gasteiger partial charge in [0.05, 0.1) is 6.07 Å². The van der Waals surface area contributed by atoms with Gasteiger partial charge in [-0.3, -0.25) is 9.69 Å². The van der Waals surface area contributed by atoms with Gasteiger partial charge in [-0.15, -0.1) is 0 Å². The molecule has 206 valence electrons. The second kappa shape index (κ2) is 11.9. The first kappa shape index (κ1) is 27.4. The van der Waals surface area contributed by atoms with Crippen LogP contribution >= 0.6 is 0 Å². The molecule has 1 unspecified atom stereocenters. The van der Waals surface area contributed by atoms with Crippen molar-refractivity contribution in [1.29, 1.82) is 5.26 Å². The van der Waals surface area contributed by atoms with Gasteiger partial charge in [-0.25, -0.2) is 4.79 Å². The minimum atomic E-state index is -1.33. The van der Waals surface area contributed by atoms with Gasteiger partial charge < -0.3 is 20.6 Å². The number of nitrogens with zero attached hydrogens (tertiary/aromatic N) is 3. The maximum Gasteiger partial charge on any atom is 0.405 e. The molecule has 2 aliphatic rings. The number of hydrogen-bond acceptors (Lipinski definition) is 5. The number of hydrogen-bond donors (Lipinski definition) is 3. The molecule has 0 bridgehead atoms. The highest BCUT2D eigenvalue weighted by molar-refractivity contribution is 5.91. The van der Waals surface area contributed by atoms with E-state index in [1.54, 1.807) is 0 Å². The van der Waals surface area contributed by atoms with E-state index in [1.165, 1.54) is 5.56 Å². The van der Waals surface area contributed by atoms with Crippen molar-refractivity contribution in [1.82, 2.24) is 20.4 Å². The highest BCUT2D eigenvalue weighted by Crippen LogP contribution is 2.31. The lowest BCUT2D eigenvalue weighted by Gasteiger charge is -2.32. The summed E-state index contributed by atoms with van der Waals surface area (Å²) >= 11 is 0. The summed E-state index contributed by atoms with van der Waals surface area (Å²) in [5.41, 5.74) is 4.97. The van der Waals surface area contributed by atoms with Gasteiger partial charge in [-0.05, 0) is 40.4 Å². The van der Waals surface area contributed by atoms with Crippen LogP contribution in [0.3, 0.4) is 0 Å². The molecule has 2 amide bonds. The summed E-state index contributed by atoms with van der Waals surface area (Å²) in [6.07, 6.45) is -0.438. The molecule has 1 aliphatic carbocycles. The summed E-state index contributed by atoms with van der Waals surface area (Å²) in [5, 5.41) is 24.5. The first-order valence-corrected chi connectivity index (χ1v) is 13.7. The van der Waals surface area contributed by atoms with Crippen molar-refractivity contribution < 1.29 is 14.7 Å². The summed E-state index contributed by atoms with van der Waals surface area (Å²) < 4.78 is 0. The third kappa shape index (κ3) is 6.33. The van der Waals surface area contributed by atoms with Crippen molar-refractivity contribution in [3.8, 4) is 17.2 Å². The Morgan fingerprint density at radius 2 is 1.45 bits per heavy atom. The SMILES string of the molecule is CN1CCN(Cc2ccc(-c3ccc(CC(C#N)NC(=O)C4(NC(=O)O)Cc5ccccc5C4)cc3)cc2)CC1. The number of benzene rings is 3. The highest BCUT2D eigenvalue weighted by atomic mass is 16.4. The summed E-state index contributed by atoms with van der Waals surface area (Å²) in [4.78, 5) is 29.8. The van der Waals surface area contributed by atoms with Crippen molar-refractivity contribution in [3.05, 3.63) is 95.1 Å². The van der Waals surface area contributed by atoms with Gasteiger partial charge in [-0.1, -0.05) is 72.8 Å². The molecule has 1 fully saturated rings. The third-order valence-corrected chi connectivity index (χ3v) is 8.03. The molecule has 3 N–H and O–H groups in total. The normalized spacial score (nSPS) is 17.4. The molecule has 1 atom stereocenters. The average Bonchev–Trinajstić information content (AvgIpc) is 3.33. The summed E-state index contributed by atoms with van der Waals surface area (Å²) in [5.74, 6) is -0.481. The number of amides is 2. The van der Waals surface area contributed by atoms with Crippen molar-refractivity contribution in [3.63, 3.8) is 0 Å². The largest absolute Gasteiger partial charge is 0.465 e. The molecule has 0 saturated carbocycles. The predicted octanol–water partition coefficient (Wildman–Crippen LogP) is 3.46. The second-order valence-corrected chi connectivity index (χ2v) is 11.0. The van der Waals surface area contributed by atoms with E-state index in [9.17, 15) is 20.0 Å². The fourth-order valence-corrected chi connectivity index (χ4v) is 5.69. The number of likely N-dealkylation sites (N-methyl/N-ethyl adjacent to an activating group) is 1. The minimum Gasteiger partial charge on any atom is -0.465 e. The number of carbonyl (C=O) groups excluding carboxylic acids is 1. The fraction of sp³-hybridized carbons (Fsp3) is 0.344. The maximum absolute atomic E-state index is 13.3. The van der Waals surface area contributed by atoms with Crippen LogP contribution in [0.2, 0.25) is 0 Å². The number of fused-ring (bicyclic) bond motifs is 1. The Morgan fingerprint density at radius 1 is 0.900 bits per heavy atom. The molecule has 40 heavy (non-hydrogen) atoms. The van der Waals surface area contributed by atoms with E-state index >= 15 is 0 Å². The lowest BCUT2D eigenvalue weighted by Crippen LogP contribution is -2.61. The van der Waals surface area contributed by atoms with Crippen LogP contribution in [0.4, 0.5) is 4.79 Å². The van der Waals surface area contributed by atoms with Gasteiger partial charge in [0.2, 0.25) is 5.91 Å². The van der Waals surface area contributed by atoms with Crippen LogP contribution in [0.15, 0.2) is 72.8 Å². The van der Waals surface area contributed by atoms with E-state index in [4.69, 9.17) is 0 Å². The molecular weight excluding hydrogens is 502 g/mol. The molecule has 1 saturated heterocycles. The molecular formula is C32H35N5O3.